The summed E-state index contributed by atoms with van der Waals surface area (Å²) >= 11 is 0. The molecule has 2 nitrogen and oxygen atoms in total. The number of benzene rings is 11. The maximum Gasteiger partial charge on any atom is 0.136 e. The Hall–Kier alpha value is -8.20. The van der Waals surface area contributed by atoms with E-state index in [1.165, 1.54) is 93.5 Å². The molecule has 2 heterocycles. The lowest BCUT2D eigenvalue weighted by Gasteiger charge is -2.22. The Morgan fingerprint density at radius 3 is 1.62 bits per heavy atom. The van der Waals surface area contributed by atoms with Gasteiger partial charge in [0.25, 0.3) is 0 Å². The van der Waals surface area contributed by atoms with Gasteiger partial charge in [-0.2, -0.15) is 0 Å². The predicted octanol–water partition coefficient (Wildman–Crippen LogP) is 17.9. The van der Waals surface area contributed by atoms with Gasteiger partial charge in [-0.25, -0.2) is 0 Å². The van der Waals surface area contributed by atoms with Crippen LogP contribution in [0.1, 0.15) is 25.0 Å². The van der Waals surface area contributed by atoms with Crippen molar-refractivity contribution in [2.24, 2.45) is 0 Å². The molecule has 0 radical (unpaired) electrons. The summed E-state index contributed by atoms with van der Waals surface area (Å²) in [6, 6.07) is 75.8. The lowest BCUT2D eigenvalue weighted by atomic mass is 9.81. The van der Waals surface area contributed by atoms with Crippen molar-refractivity contribution < 1.29 is 8.83 Å². The van der Waals surface area contributed by atoms with Crippen molar-refractivity contribution >= 4 is 76.2 Å². The second-order valence-electron chi connectivity index (χ2n) is 18.3. The predicted molar refractivity (Wildman–Crippen MR) is 273 cm³/mol. The van der Waals surface area contributed by atoms with E-state index >= 15 is 0 Å². The standard InChI is InChI=1S/C63H40O2/c1-63(2)55-20-9-7-15-45(55)46-29-26-40(34-56(46)63)37-22-24-39(25-23-37)61-48-17-5-6-18-49(48)62(50-30-27-41(32-54(50)61)44-19-11-13-38-12-3-4-14-43(38)44)42-28-31-58-51(33-42)53-36-59-52(35-60(53)65-58)47-16-8-10-21-57(47)64-59/h3-36H,1-2H3. The van der Waals surface area contributed by atoms with E-state index in [-0.39, 0.29) is 5.41 Å². The average Bonchev–Trinajstić information content (AvgIpc) is 3.98. The van der Waals surface area contributed by atoms with Gasteiger partial charge in [0.15, 0.2) is 0 Å². The lowest BCUT2D eigenvalue weighted by Crippen LogP contribution is -2.14. The third-order valence-electron chi connectivity index (χ3n) is 14.5. The topological polar surface area (TPSA) is 26.3 Å². The van der Waals surface area contributed by atoms with E-state index in [4.69, 9.17) is 8.83 Å². The normalized spacial score (nSPS) is 13.2. The van der Waals surface area contributed by atoms with Gasteiger partial charge in [-0.3, -0.25) is 0 Å². The first-order valence-corrected chi connectivity index (χ1v) is 22.6. The van der Waals surface area contributed by atoms with Crippen molar-refractivity contribution in [3.63, 3.8) is 0 Å². The minimum Gasteiger partial charge on any atom is -0.456 e. The van der Waals surface area contributed by atoms with E-state index < -0.39 is 0 Å². The maximum absolute atomic E-state index is 6.57. The van der Waals surface area contributed by atoms with Gasteiger partial charge in [0, 0.05) is 27.0 Å². The minimum atomic E-state index is -0.0560. The second-order valence-corrected chi connectivity index (χ2v) is 18.3. The highest BCUT2D eigenvalue weighted by Gasteiger charge is 2.35. The molecule has 0 saturated heterocycles. The summed E-state index contributed by atoms with van der Waals surface area (Å²) in [5.41, 5.74) is 18.6. The highest BCUT2D eigenvalue weighted by atomic mass is 16.3. The van der Waals surface area contributed by atoms with Gasteiger partial charge in [0.05, 0.1) is 0 Å². The van der Waals surface area contributed by atoms with Crippen LogP contribution in [0.4, 0.5) is 0 Å². The smallest absolute Gasteiger partial charge is 0.136 e. The van der Waals surface area contributed by atoms with Crippen LogP contribution < -0.4 is 0 Å². The van der Waals surface area contributed by atoms with E-state index in [2.05, 4.69) is 208 Å². The molecule has 1 aliphatic rings. The fourth-order valence-corrected chi connectivity index (χ4v) is 11.3. The zero-order valence-electron chi connectivity index (χ0n) is 35.9. The molecule has 0 spiro atoms. The van der Waals surface area contributed by atoms with Crippen LogP contribution in [0.15, 0.2) is 215 Å². The number of hydrogen-bond acceptors (Lipinski definition) is 2. The van der Waals surface area contributed by atoms with Crippen molar-refractivity contribution in [1.29, 1.82) is 0 Å². The van der Waals surface area contributed by atoms with Crippen molar-refractivity contribution in [2.45, 2.75) is 19.3 Å². The number of furan rings is 2. The number of hydrogen-bond donors (Lipinski definition) is 0. The SMILES string of the molecule is CC1(C)c2ccccc2-c2ccc(-c3ccc(-c4c5ccccc5c(-c5ccc6oc7cc8c(cc7c6c5)oc5ccccc58)c5ccc(-c6cccc7ccccc67)cc45)cc3)cc21. The van der Waals surface area contributed by atoms with E-state index in [9.17, 15) is 0 Å². The Morgan fingerprint density at radius 1 is 0.277 bits per heavy atom. The van der Waals surface area contributed by atoms with Crippen molar-refractivity contribution in [2.75, 3.05) is 0 Å². The summed E-state index contributed by atoms with van der Waals surface area (Å²) in [6.07, 6.45) is 0. The first-order valence-electron chi connectivity index (χ1n) is 22.6. The summed E-state index contributed by atoms with van der Waals surface area (Å²) in [5, 5.41) is 11.6. The van der Waals surface area contributed by atoms with E-state index in [0.717, 1.165) is 49.4 Å². The molecule has 65 heavy (non-hydrogen) atoms. The molecule has 0 saturated carbocycles. The van der Waals surface area contributed by atoms with Gasteiger partial charge in [-0.15, -0.1) is 0 Å². The quantitative estimate of drug-likeness (QED) is 0.165. The van der Waals surface area contributed by atoms with Crippen LogP contribution >= 0.6 is 0 Å². The largest absolute Gasteiger partial charge is 0.456 e. The molecule has 13 aromatic rings. The van der Waals surface area contributed by atoms with Crippen molar-refractivity contribution in [3.05, 3.63) is 217 Å². The highest BCUT2D eigenvalue weighted by molar-refractivity contribution is 6.23. The molecule has 0 amide bonds. The van der Waals surface area contributed by atoms with Gasteiger partial charge in [-0.05, 0) is 142 Å². The number of rotatable bonds is 4. The molecule has 304 valence electrons. The van der Waals surface area contributed by atoms with Crippen LogP contribution in [-0.2, 0) is 5.41 Å². The molecule has 11 aromatic carbocycles. The summed E-state index contributed by atoms with van der Waals surface area (Å²) < 4.78 is 12.9. The Balaban J connectivity index is 0.978. The van der Waals surface area contributed by atoms with Gasteiger partial charge in [0.1, 0.15) is 22.3 Å². The van der Waals surface area contributed by atoms with Gasteiger partial charge in [0.2, 0.25) is 0 Å². The maximum atomic E-state index is 6.57. The van der Waals surface area contributed by atoms with Gasteiger partial charge in [-0.1, -0.05) is 178 Å². The van der Waals surface area contributed by atoms with Crippen LogP contribution in [0.3, 0.4) is 0 Å². The molecule has 0 fully saturated rings. The Bertz CT molecular complexity index is 4130. The zero-order chi connectivity index (χ0) is 43.0. The molecule has 14 rings (SSSR count). The molecular formula is C63H40O2. The average molecular weight is 829 g/mol. The summed E-state index contributed by atoms with van der Waals surface area (Å²) in [7, 11) is 0. The van der Waals surface area contributed by atoms with Gasteiger partial charge >= 0.3 is 0 Å². The molecular weight excluding hydrogens is 789 g/mol. The van der Waals surface area contributed by atoms with E-state index in [1.54, 1.807) is 0 Å². The first-order chi connectivity index (χ1) is 32.0. The van der Waals surface area contributed by atoms with Crippen molar-refractivity contribution in [1.82, 2.24) is 0 Å². The lowest BCUT2D eigenvalue weighted by molar-refractivity contribution is 0.660. The van der Waals surface area contributed by atoms with Crippen LogP contribution in [0, 0.1) is 0 Å². The Kier molecular flexibility index (Phi) is 7.49. The minimum absolute atomic E-state index is 0.0560. The fourth-order valence-electron chi connectivity index (χ4n) is 11.3. The third kappa shape index (κ3) is 5.29. The van der Waals surface area contributed by atoms with E-state index in [0.29, 0.717) is 0 Å². The van der Waals surface area contributed by atoms with Crippen LogP contribution in [0.2, 0.25) is 0 Å². The summed E-state index contributed by atoms with van der Waals surface area (Å²) in [5.74, 6) is 0. The Morgan fingerprint density at radius 2 is 0.800 bits per heavy atom. The third-order valence-corrected chi connectivity index (χ3v) is 14.5. The van der Waals surface area contributed by atoms with Gasteiger partial charge < -0.3 is 8.83 Å². The molecule has 0 unspecified atom stereocenters. The van der Waals surface area contributed by atoms with Crippen LogP contribution in [-0.4, -0.2) is 0 Å². The first kappa shape index (κ1) is 36.3. The fraction of sp³-hybridized carbons (Fsp3) is 0.0476. The zero-order valence-corrected chi connectivity index (χ0v) is 35.9. The Labute approximate surface area is 375 Å². The molecule has 2 heteroatoms. The second kappa shape index (κ2) is 13.4. The monoisotopic (exact) mass is 828 g/mol. The van der Waals surface area contributed by atoms with Crippen molar-refractivity contribution in [3.8, 4) is 55.6 Å². The highest BCUT2D eigenvalue weighted by Crippen LogP contribution is 2.51. The molecule has 0 atom stereocenters. The molecule has 1 aliphatic carbocycles. The molecule has 0 aliphatic heterocycles. The molecule has 2 aromatic heterocycles. The van der Waals surface area contributed by atoms with Crippen LogP contribution in [0.25, 0.3) is 132 Å². The number of fused-ring (bicyclic) bond motifs is 12. The molecule has 0 bridgehead atoms. The van der Waals surface area contributed by atoms with Crippen LogP contribution in [0.5, 0.6) is 0 Å². The molecule has 0 N–H and O–H groups in total. The van der Waals surface area contributed by atoms with E-state index in [1.807, 2.05) is 12.1 Å². The summed E-state index contributed by atoms with van der Waals surface area (Å²) in [4.78, 5) is 0. The number of para-hydroxylation sites is 1. The summed E-state index contributed by atoms with van der Waals surface area (Å²) in [6.45, 7) is 4.71.